The summed E-state index contributed by atoms with van der Waals surface area (Å²) in [7, 11) is 2.75. The van der Waals surface area contributed by atoms with Crippen LogP contribution < -0.4 is 14.8 Å². The van der Waals surface area contributed by atoms with Gasteiger partial charge >= 0.3 is 5.97 Å². The first-order valence-electron chi connectivity index (χ1n) is 7.94. The largest absolute Gasteiger partial charge is 0.493 e. The third-order valence-electron chi connectivity index (χ3n) is 3.64. The Morgan fingerprint density at radius 2 is 1.85 bits per heavy atom. The molecule has 0 bridgehead atoms. The summed E-state index contributed by atoms with van der Waals surface area (Å²) in [5, 5.41) is 2.87. The van der Waals surface area contributed by atoms with Crippen LogP contribution in [0.1, 0.15) is 15.9 Å². The molecule has 138 valence electrons. The molecule has 2 aromatic rings. The number of carbonyl (C=O) groups is 2. The molecule has 0 heterocycles. The first kappa shape index (κ1) is 19.8. The fourth-order valence-electron chi connectivity index (χ4n) is 2.24. The van der Waals surface area contributed by atoms with Crippen molar-refractivity contribution in [2.75, 3.05) is 27.4 Å². The predicted octanol–water partition coefficient (Wildman–Crippen LogP) is 2.98. The SMILES string of the molecule is COC(=O)COc1ccc(C(=O)NCCc2ccccc2Br)cc1OC. The lowest BCUT2D eigenvalue weighted by Gasteiger charge is -2.12. The van der Waals surface area contributed by atoms with Gasteiger partial charge in [0.05, 0.1) is 14.2 Å². The van der Waals surface area contributed by atoms with Crippen molar-refractivity contribution in [3.05, 3.63) is 58.1 Å². The lowest BCUT2D eigenvalue weighted by molar-refractivity contribution is -0.142. The molecule has 0 radical (unpaired) electrons. The van der Waals surface area contributed by atoms with Gasteiger partial charge in [-0.05, 0) is 36.2 Å². The van der Waals surface area contributed by atoms with Gasteiger partial charge in [-0.1, -0.05) is 34.1 Å². The molecule has 0 unspecified atom stereocenters. The van der Waals surface area contributed by atoms with Gasteiger partial charge in [0.25, 0.3) is 5.91 Å². The maximum atomic E-state index is 12.3. The predicted molar refractivity (Wildman–Crippen MR) is 101 cm³/mol. The summed E-state index contributed by atoms with van der Waals surface area (Å²) in [5.41, 5.74) is 1.57. The Morgan fingerprint density at radius 3 is 2.54 bits per heavy atom. The fraction of sp³-hybridized carbons (Fsp3) is 0.263. The van der Waals surface area contributed by atoms with Gasteiger partial charge in [-0.3, -0.25) is 4.79 Å². The summed E-state index contributed by atoms with van der Waals surface area (Å²) in [5.74, 6) is 0.0193. The molecule has 7 heteroatoms. The molecular weight excluding hydrogens is 402 g/mol. The molecule has 1 amide bonds. The Hall–Kier alpha value is -2.54. The van der Waals surface area contributed by atoms with Crippen LogP contribution in [-0.2, 0) is 16.0 Å². The Kier molecular flexibility index (Phi) is 7.47. The van der Waals surface area contributed by atoms with Crippen molar-refractivity contribution in [3.63, 3.8) is 0 Å². The average Bonchev–Trinajstić information content (AvgIpc) is 2.67. The Morgan fingerprint density at radius 1 is 1.08 bits per heavy atom. The molecule has 0 atom stereocenters. The van der Waals surface area contributed by atoms with E-state index in [9.17, 15) is 9.59 Å². The van der Waals surface area contributed by atoms with Crippen LogP contribution in [0.15, 0.2) is 46.9 Å². The molecule has 0 aromatic heterocycles. The number of benzene rings is 2. The molecule has 2 rings (SSSR count). The maximum Gasteiger partial charge on any atom is 0.343 e. The zero-order valence-corrected chi connectivity index (χ0v) is 16.2. The van der Waals surface area contributed by atoms with Gasteiger partial charge in [-0.15, -0.1) is 0 Å². The molecule has 0 spiro atoms. The lowest BCUT2D eigenvalue weighted by atomic mass is 10.1. The molecule has 6 nitrogen and oxygen atoms in total. The number of esters is 1. The number of carbonyl (C=O) groups excluding carboxylic acids is 2. The van der Waals surface area contributed by atoms with E-state index in [-0.39, 0.29) is 12.5 Å². The van der Waals surface area contributed by atoms with Crippen LogP contribution >= 0.6 is 15.9 Å². The van der Waals surface area contributed by atoms with Crippen LogP contribution in [0.2, 0.25) is 0 Å². The summed E-state index contributed by atoms with van der Waals surface area (Å²) in [6.07, 6.45) is 0.713. The van der Waals surface area contributed by atoms with Gasteiger partial charge in [-0.2, -0.15) is 0 Å². The molecule has 0 aliphatic rings. The normalized spacial score (nSPS) is 10.1. The Bertz CT molecular complexity index is 778. The summed E-state index contributed by atoms with van der Waals surface area (Å²) in [6, 6.07) is 12.7. The molecule has 0 aliphatic heterocycles. The van der Waals surface area contributed by atoms with Gasteiger partial charge < -0.3 is 19.5 Å². The van der Waals surface area contributed by atoms with Crippen molar-refractivity contribution >= 4 is 27.8 Å². The highest BCUT2D eigenvalue weighted by atomic mass is 79.9. The summed E-state index contributed by atoms with van der Waals surface area (Å²) >= 11 is 3.49. The fourth-order valence-corrected chi connectivity index (χ4v) is 2.72. The van der Waals surface area contributed by atoms with E-state index in [2.05, 4.69) is 26.0 Å². The van der Waals surface area contributed by atoms with E-state index >= 15 is 0 Å². The van der Waals surface area contributed by atoms with Gasteiger partial charge in [0.2, 0.25) is 0 Å². The smallest absolute Gasteiger partial charge is 0.343 e. The van der Waals surface area contributed by atoms with E-state index in [0.717, 1.165) is 10.0 Å². The van der Waals surface area contributed by atoms with Crippen molar-refractivity contribution in [1.82, 2.24) is 5.32 Å². The second-order valence-corrected chi connectivity index (χ2v) is 6.18. The highest BCUT2D eigenvalue weighted by Crippen LogP contribution is 2.28. The van der Waals surface area contributed by atoms with Crippen LogP contribution in [0.25, 0.3) is 0 Å². The minimum Gasteiger partial charge on any atom is -0.493 e. The quantitative estimate of drug-likeness (QED) is 0.663. The van der Waals surface area contributed by atoms with Crippen molar-refractivity contribution in [2.45, 2.75) is 6.42 Å². The number of methoxy groups -OCH3 is 2. The van der Waals surface area contributed by atoms with Crippen LogP contribution in [0.3, 0.4) is 0 Å². The van der Waals surface area contributed by atoms with Crippen molar-refractivity contribution in [3.8, 4) is 11.5 Å². The number of hydrogen-bond donors (Lipinski definition) is 1. The zero-order valence-electron chi connectivity index (χ0n) is 14.6. The first-order valence-corrected chi connectivity index (χ1v) is 8.73. The first-order chi connectivity index (χ1) is 12.5. The van der Waals surface area contributed by atoms with Crippen LogP contribution in [-0.4, -0.2) is 39.2 Å². The average molecular weight is 422 g/mol. The molecule has 1 N–H and O–H groups in total. The number of halogens is 1. The number of ether oxygens (including phenoxy) is 3. The van der Waals surface area contributed by atoms with Gasteiger partial charge in [0, 0.05) is 16.6 Å². The van der Waals surface area contributed by atoms with Crippen LogP contribution in [0.4, 0.5) is 0 Å². The monoisotopic (exact) mass is 421 g/mol. The van der Waals surface area contributed by atoms with Crippen molar-refractivity contribution in [1.29, 1.82) is 0 Å². The molecular formula is C19H20BrNO5. The minimum absolute atomic E-state index is 0.213. The second-order valence-electron chi connectivity index (χ2n) is 5.33. The van der Waals surface area contributed by atoms with E-state index < -0.39 is 5.97 Å². The van der Waals surface area contributed by atoms with Gasteiger partial charge in [0.1, 0.15) is 0 Å². The number of hydrogen-bond acceptors (Lipinski definition) is 5. The highest BCUT2D eigenvalue weighted by molar-refractivity contribution is 9.10. The molecule has 2 aromatic carbocycles. The van der Waals surface area contributed by atoms with E-state index in [1.54, 1.807) is 18.2 Å². The minimum atomic E-state index is -0.499. The summed E-state index contributed by atoms with van der Waals surface area (Å²) in [4.78, 5) is 23.5. The molecule has 0 aliphatic carbocycles. The highest BCUT2D eigenvalue weighted by Gasteiger charge is 2.12. The van der Waals surface area contributed by atoms with E-state index in [1.165, 1.54) is 14.2 Å². The van der Waals surface area contributed by atoms with E-state index in [0.29, 0.717) is 30.0 Å². The Balaban J connectivity index is 1.96. The topological polar surface area (TPSA) is 73.9 Å². The van der Waals surface area contributed by atoms with Gasteiger partial charge in [-0.25, -0.2) is 4.79 Å². The van der Waals surface area contributed by atoms with E-state index in [4.69, 9.17) is 9.47 Å². The Labute approximate surface area is 160 Å². The van der Waals surface area contributed by atoms with Crippen LogP contribution in [0.5, 0.6) is 11.5 Å². The van der Waals surface area contributed by atoms with Crippen molar-refractivity contribution in [2.24, 2.45) is 0 Å². The van der Waals surface area contributed by atoms with Crippen LogP contribution in [0, 0.1) is 0 Å². The maximum absolute atomic E-state index is 12.3. The molecule has 0 saturated heterocycles. The lowest BCUT2D eigenvalue weighted by Crippen LogP contribution is -2.25. The standard InChI is InChI=1S/C19H20BrNO5/c1-24-17-11-14(7-8-16(17)26-12-18(22)25-2)19(23)21-10-9-13-5-3-4-6-15(13)20/h3-8,11H,9-10,12H2,1-2H3,(H,21,23). The zero-order chi connectivity index (χ0) is 18.9. The summed E-state index contributed by atoms with van der Waals surface area (Å²) in [6.45, 7) is 0.273. The summed E-state index contributed by atoms with van der Waals surface area (Å²) < 4.78 is 16.1. The third kappa shape index (κ3) is 5.49. The number of rotatable bonds is 8. The van der Waals surface area contributed by atoms with Gasteiger partial charge in [0.15, 0.2) is 18.1 Å². The third-order valence-corrected chi connectivity index (χ3v) is 4.41. The second kappa shape index (κ2) is 9.82. The van der Waals surface area contributed by atoms with Crippen molar-refractivity contribution < 1.29 is 23.8 Å². The number of amides is 1. The molecule has 0 fully saturated rings. The number of nitrogens with one attached hydrogen (secondary N) is 1. The molecule has 26 heavy (non-hydrogen) atoms. The van der Waals surface area contributed by atoms with E-state index in [1.807, 2.05) is 24.3 Å². The molecule has 0 saturated carbocycles.